The molecule has 0 spiro atoms. The Morgan fingerprint density at radius 1 is 1.38 bits per heavy atom. The average Bonchev–Trinajstić information content (AvgIpc) is 2.11. The molecule has 1 rings (SSSR count). The van der Waals surface area contributed by atoms with E-state index in [0.29, 0.717) is 16.3 Å². The largest absolute Gasteiger partial charge is 0.397 e. The normalized spacial score (nSPS) is 10.8. The van der Waals surface area contributed by atoms with Crippen molar-refractivity contribution in [2.24, 2.45) is 0 Å². The van der Waals surface area contributed by atoms with Crippen LogP contribution in [-0.2, 0) is 9.47 Å². The number of halogens is 1. The maximum absolute atomic E-state index is 5.88. The molecule has 0 aliphatic rings. The van der Waals surface area contributed by atoms with E-state index in [4.69, 9.17) is 26.8 Å². The molecule has 5 heteroatoms. The topological polar surface area (TPSA) is 57.4 Å². The van der Waals surface area contributed by atoms with Crippen molar-refractivity contribution in [2.45, 2.75) is 6.29 Å². The lowest BCUT2D eigenvalue weighted by atomic mass is 10.2. The molecular weight excluding hydrogens is 192 g/mol. The van der Waals surface area contributed by atoms with Crippen LogP contribution in [0.1, 0.15) is 11.9 Å². The van der Waals surface area contributed by atoms with Gasteiger partial charge >= 0.3 is 0 Å². The maximum Gasteiger partial charge on any atom is 0.186 e. The standard InChI is InChI=1S/C8H11ClN2O2/c1-12-8(13-2)7-5(9)3-11-4-6(7)10/h3-4,8H,10H2,1-2H3. The zero-order chi connectivity index (χ0) is 9.84. The molecule has 0 amide bonds. The number of methoxy groups -OCH3 is 2. The molecule has 0 fully saturated rings. The molecule has 0 saturated heterocycles. The lowest BCUT2D eigenvalue weighted by Crippen LogP contribution is -2.08. The number of hydrogen-bond acceptors (Lipinski definition) is 4. The van der Waals surface area contributed by atoms with E-state index in [2.05, 4.69) is 4.98 Å². The first-order chi connectivity index (χ1) is 6.20. The van der Waals surface area contributed by atoms with Crippen LogP contribution in [0.15, 0.2) is 12.4 Å². The quantitative estimate of drug-likeness (QED) is 0.757. The second kappa shape index (κ2) is 4.41. The van der Waals surface area contributed by atoms with Crippen LogP contribution in [0.25, 0.3) is 0 Å². The molecule has 2 N–H and O–H groups in total. The second-order valence-corrected chi connectivity index (χ2v) is 2.83. The fraction of sp³-hybridized carbons (Fsp3) is 0.375. The van der Waals surface area contributed by atoms with E-state index in [9.17, 15) is 0 Å². The molecule has 0 atom stereocenters. The molecule has 1 aromatic rings. The minimum absolute atomic E-state index is 0.439. The smallest absolute Gasteiger partial charge is 0.186 e. The summed E-state index contributed by atoms with van der Waals surface area (Å²) in [4.78, 5) is 3.83. The van der Waals surface area contributed by atoms with Gasteiger partial charge in [0.25, 0.3) is 0 Å². The molecule has 1 heterocycles. The van der Waals surface area contributed by atoms with Crippen molar-refractivity contribution in [1.82, 2.24) is 4.98 Å². The predicted molar refractivity (Wildman–Crippen MR) is 50.4 cm³/mol. The van der Waals surface area contributed by atoms with Gasteiger partial charge in [-0.05, 0) is 0 Å². The number of hydrogen-bond donors (Lipinski definition) is 1. The molecule has 72 valence electrons. The third kappa shape index (κ3) is 2.09. The van der Waals surface area contributed by atoms with Crippen LogP contribution >= 0.6 is 11.6 Å². The highest BCUT2D eigenvalue weighted by Crippen LogP contribution is 2.29. The van der Waals surface area contributed by atoms with Crippen LogP contribution in [0.3, 0.4) is 0 Å². The van der Waals surface area contributed by atoms with Crippen molar-refractivity contribution in [3.8, 4) is 0 Å². The van der Waals surface area contributed by atoms with E-state index in [-0.39, 0.29) is 0 Å². The molecular formula is C8H11ClN2O2. The van der Waals surface area contributed by atoms with Gasteiger partial charge in [0, 0.05) is 20.4 Å². The van der Waals surface area contributed by atoms with E-state index in [1.54, 1.807) is 0 Å². The number of nitrogens with zero attached hydrogens (tertiary/aromatic N) is 1. The van der Waals surface area contributed by atoms with Crippen molar-refractivity contribution in [2.75, 3.05) is 20.0 Å². The summed E-state index contributed by atoms with van der Waals surface area (Å²) in [5.74, 6) is 0. The first-order valence-corrected chi connectivity index (χ1v) is 4.03. The molecule has 13 heavy (non-hydrogen) atoms. The minimum atomic E-state index is -0.546. The van der Waals surface area contributed by atoms with E-state index in [0.717, 1.165) is 0 Å². The SMILES string of the molecule is COC(OC)c1c(N)cncc1Cl. The summed E-state index contributed by atoms with van der Waals surface area (Å²) < 4.78 is 10.1. The minimum Gasteiger partial charge on any atom is -0.397 e. The summed E-state index contributed by atoms with van der Waals surface area (Å²) in [6, 6.07) is 0. The number of nitrogens with two attached hydrogens (primary N) is 1. The zero-order valence-corrected chi connectivity index (χ0v) is 8.21. The van der Waals surface area contributed by atoms with Gasteiger partial charge in [-0.1, -0.05) is 11.6 Å². The van der Waals surface area contributed by atoms with E-state index in [1.165, 1.54) is 26.6 Å². The van der Waals surface area contributed by atoms with Crippen LogP contribution in [0.5, 0.6) is 0 Å². The van der Waals surface area contributed by atoms with Crippen LogP contribution in [0, 0.1) is 0 Å². The van der Waals surface area contributed by atoms with Crippen LogP contribution in [0.2, 0.25) is 5.02 Å². The van der Waals surface area contributed by atoms with Gasteiger partial charge in [-0.2, -0.15) is 0 Å². The Labute approximate surface area is 81.6 Å². The number of anilines is 1. The van der Waals surface area contributed by atoms with Crippen molar-refractivity contribution < 1.29 is 9.47 Å². The van der Waals surface area contributed by atoms with E-state index >= 15 is 0 Å². The fourth-order valence-electron chi connectivity index (χ4n) is 1.04. The summed E-state index contributed by atoms with van der Waals surface area (Å²) >= 11 is 5.88. The molecule has 1 aromatic heterocycles. The van der Waals surface area contributed by atoms with Gasteiger partial charge in [0.2, 0.25) is 0 Å². The lowest BCUT2D eigenvalue weighted by Gasteiger charge is -2.16. The average molecular weight is 203 g/mol. The molecule has 0 bridgehead atoms. The van der Waals surface area contributed by atoms with Gasteiger partial charge in [0.15, 0.2) is 6.29 Å². The van der Waals surface area contributed by atoms with E-state index < -0.39 is 6.29 Å². The third-order valence-corrected chi connectivity index (χ3v) is 1.93. The summed E-state index contributed by atoms with van der Waals surface area (Å²) in [6.07, 6.45) is 2.46. The number of aromatic nitrogens is 1. The van der Waals surface area contributed by atoms with Gasteiger partial charge in [0.05, 0.1) is 22.5 Å². The molecule has 0 unspecified atom stereocenters. The molecule has 0 aliphatic heterocycles. The highest BCUT2D eigenvalue weighted by atomic mass is 35.5. The van der Waals surface area contributed by atoms with Crippen molar-refractivity contribution >= 4 is 17.3 Å². The van der Waals surface area contributed by atoms with Gasteiger partial charge in [-0.15, -0.1) is 0 Å². The summed E-state index contributed by atoms with van der Waals surface area (Å²) in [6.45, 7) is 0. The van der Waals surface area contributed by atoms with Crippen LogP contribution in [0.4, 0.5) is 5.69 Å². The highest BCUT2D eigenvalue weighted by molar-refractivity contribution is 6.31. The van der Waals surface area contributed by atoms with Gasteiger partial charge < -0.3 is 15.2 Å². The first kappa shape index (κ1) is 10.2. The fourth-order valence-corrected chi connectivity index (χ4v) is 1.30. The molecule has 4 nitrogen and oxygen atoms in total. The van der Waals surface area contributed by atoms with Crippen LogP contribution < -0.4 is 5.73 Å². The Bertz CT molecular complexity index is 269. The summed E-state index contributed by atoms with van der Waals surface area (Å²) in [5.41, 5.74) is 6.74. The summed E-state index contributed by atoms with van der Waals surface area (Å²) in [5, 5.41) is 0.439. The molecule has 0 aromatic carbocycles. The molecule has 0 aliphatic carbocycles. The number of nitrogen functional groups attached to an aromatic ring is 1. The highest BCUT2D eigenvalue weighted by Gasteiger charge is 2.16. The Morgan fingerprint density at radius 2 is 2.00 bits per heavy atom. The van der Waals surface area contributed by atoms with Gasteiger partial charge in [-0.25, -0.2) is 0 Å². The Balaban J connectivity index is 3.10. The predicted octanol–water partition coefficient (Wildman–Crippen LogP) is 1.61. The Hall–Kier alpha value is -0.840. The number of pyridine rings is 1. The van der Waals surface area contributed by atoms with Gasteiger partial charge in [-0.3, -0.25) is 4.98 Å². The monoisotopic (exact) mass is 202 g/mol. The maximum atomic E-state index is 5.88. The lowest BCUT2D eigenvalue weighted by molar-refractivity contribution is -0.105. The van der Waals surface area contributed by atoms with Crippen molar-refractivity contribution in [3.63, 3.8) is 0 Å². The van der Waals surface area contributed by atoms with Gasteiger partial charge in [0.1, 0.15) is 0 Å². The number of ether oxygens (including phenoxy) is 2. The zero-order valence-electron chi connectivity index (χ0n) is 7.45. The molecule has 0 radical (unpaired) electrons. The molecule has 0 saturated carbocycles. The Kier molecular flexibility index (Phi) is 3.48. The van der Waals surface area contributed by atoms with Crippen molar-refractivity contribution in [3.05, 3.63) is 23.0 Å². The third-order valence-electron chi connectivity index (χ3n) is 1.63. The van der Waals surface area contributed by atoms with Crippen molar-refractivity contribution in [1.29, 1.82) is 0 Å². The Morgan fingerprint density at radius 3 is 2.46 bits per heavy atom. The summed E-state index contributed by atoms with van der Waals surface area (Å²) in [7, 11) is 3.04. The van der Waals surface area contributed by atoms with E-state index in [1.807, 2.05) is 0 Å². The second-order valence-electron chi connectivity index (χ2n) is 2.43. The first-order valence-electron chi connectivity index (χ1n) is 3.65. The number of rotatable bonds is 3. The van der Waals surface area contributed by atoms with Crippen LogP contribution in [-0.4, -0.2) is 19.2 Å².